The van der Waals surface area contributed by atoms with Gasteiger partial charge in [0.05, 0.1) is 12.0 Å². The Morgan fingerprint density at radius 3 is 2.86 bits per heavy atom. The zero-order valence-electron chi connectivity index (χ0n) is 11.1. The molecule has 0 aromatic carbocycles. The number of hydrogen-bond donors (Lipinski definition) is 1. The van der Waals surface area contributed by atoms with Gasteiger partial charge in [-0.05, 0) is 12.1 Å². The van der Waals surface area contributed by atoms with Crippen molar-refractivity contribution in [1.29, 1.82) is 0 Å². The lowest BCUT2D eigenvalue weighted by molar-refractivity contribution is -0.115. The quantitative estimate of drug-likeness (QED) is 0.518. The third kappa shape index (κ3) is 2.36. The number of esters is 1. The molecule has 8 heteroatoms. The number of carbonyl (C=O) groups is 2. The Hall–Kier alpha value is -2.06. The van der Waals surface area contributed by atoms with E-state index in [-0.39, 0.29) is 5.91 Å². The summed E-state index contributed by atoms with van der Waals surface area (Å²) in [6.07, 6.45) is 1.62. The summed E-state index contributed by atoms with van der Waals surface area (Å²) < 4.78 is 12.4. The smallest absolute Gasteiger partial charge is 0.354 e. The Kier molecular flexibility index (Phi) is 3.34. The van der Waals surface area contributed by atoms with Gasteiger partial charge in [0.25, 0.3) is 5.91 Å². The molecule has 0 bridgehead atoms. The topological polar surface area (TPSA) is 73.5 Å². The first kappa shape index (κ1) is 13.9. The predicted molar refractivity (Wildman–Crippen MR) is 82.8 cm³/mol. The summed E-state index contributed by atoms with van der Waals surface area (Å²) >= 11 is 6.11. The van der Waals surface area contributed by atoms with Gasteiger partial charge in [0.1, 0.15) is 15.8 Å². The van der Waals surface area contributed by atoms with Crippen molar-refractivity contribution in [2.45, 2.75) is 0 Å². The van der Waals surface area contributed by atoms with E-state index in [4.69, 9.17) is 21.4 Å². The number of nitrogens with one attached hydrogen (secondary N) is 1. The second-order valence-electron chi connectivity index (χ2n) is 4.34. The van der Waals surface area contributed by atoms with Crippen LogP contribution in [0.25, 0.3) is 17.2 Å². The molecule has 1 amide bonds. The molecule has 1 aliphatic heterocycles. The Labute approximate surface area is 129 Å². The number of carbonyl (C=O) groups excluding carboxylic acids is 2. The Bertz CT molecular complexity index is 816. The zero-order valence-corrected chi connectivity index (χ0v) is 12.8. The molecule has 108 valence electrons. The summed E-state index contributed by atoms with van der Waals surface area (Å²) in [5, 5.41) is 3.30. The van der Waals surface area contributed by atoms with Crippen molar-refractivity contribution in [2.24, 2.45) is 7.05 Å². The summed E-state index contributed by atoms with van der Waals surface area (Å²) in [6, 6.07) is 3.43. The minimum Gasteiger partial charge on any atom is -0.464 e. The standard InChI is InChI=1S/C13H10N2O4S2/c1-15-8(12(17)18-2)4-6-3-7(19-11(6)15)5-9-10(16)14-13(20)21-9/h3-5H,1-2H3,(H,14,16,20)/b9-5-. The van der Waals surface area contributed by atoms with Gasteiger partial charge in [-0.2, -0.15) is 0 Å². The van der Waals surface area contributed by atoms with Gasteiger partial charge in [0, 0.05) is 18.5 Å². The van der Waals surface area contributed by atoms with E-state index in [2.05, 4.69) is 5.32 Å². The molecule has 2 aromatic heterocycles. The fourth-order valence-electron chi connectivity index (χ4n) is 2.06. The number of aryl methyl sites for hydroxylation is 1. The van der Waals surface area contributed by atoms with Gasteiger partial charge < -0.3 is 19.0 Å². The normalized spacial score (nSPS) is 16.8. The first-order valence-corrected chi connectivity index (χ1v) is 7.14. The van der Waals surface area contributed by atoms with Crippen LogP contribution in [0.1, 0.15) is 16.2 Å². The third-order valence-corrected chi connectivity index (χ3v) is 4.19. The van der Waals surface area contributed by atoms with Crippen molar-refractivity contribution < 1.29 is 18.7 Å². The number of nitrogens with zero attached hydrogens (tertiary/aromatic N) is 1. The second-order valence-corrected chi connectivity index (χ2v) is 6.06. The summed E-state index contributed by atoms with van der Waals surface area (Å²) in [4.78, 5) is 23.7. The van der Waals surface area contributed by atoms with E-state index < -0.39 is 5.97 Å². The second kappa shape index (κ2) is 5.05. The molecule has 0 unspecified atom stereocenters. The number of fused-ring (bicyclic) bond motifs is 1. The number of furan rings is 1. The molecule has 0 radical (unpaired) electrons. The molecular weight excluding hydrogens is 312 g/mol. The summed E-state index contributed by atoms with van der Waals surface area (Å²) in [7, 11) is 3.03. The van der Waals surface area contributed by atoms with Crippen LogP contribution in [0, 0.1) is 0 Å². The van der Waals surface area contributed by atoms with Crippen molar-refractivity contribution in [2.75, 3.05) is 7.11 Å². The number of thioether (sulfide) groups is 1. The van der Waals surface area contributed by atoms with Crippen molar-refractivity contribution in [3.8, 4) is 0 Å². The molecule has 1 aliphatic rings. The SMILES string of the molecule is COC(=O)c1cc2cc(/C=C3\SC(=S)NC3=O)oc2n1C. The molecule has 21 heavy (non-hydrogen) atoms. The van der Waals surface area contributed by atoms with Crippen molar-refractivity contribution >= 4 is 57.4 Å². The molecule has 3 rings (SSSR count). The van der Waals surface area contributed by atoms with Gasteiger partial charge >= 0.3 is 5.97 Å². The van der Waals surface area contributed by atoms with Crippen LogP contribution in [0.5, 0.6) is 0 Å². The molecule has 0 atom stereocenters. The fraction of sp³-hybridized carbons (Fsp3) is 0.154. The largest absolute Gasteiger partial charge is 0.464 e. The minimum absolute atomic E-state index is 0.235. The van der Waals surface area contributed by atoms with Gasteiger partial charge in [-0.1, -0.05) is 24.0 Å². The number of thiocarbonyl (C=S) groups is 1. The lowest BCUT2D eigenvalue weighted by Crippen LogP contribution is -2.17. The zero-order chi connectivity index (χ0) is 15.1. The maximum absolute atomic E-state index is 11.6. The minimum atomic E-state index is -0.431. The van der Waals surface area contributed by atoms with Gasteiger partial charge in [0.2, 0.25) is 5.71 Å². The molecule has 0 spiro atoms. The molecule has 1 N–H and O–H groups in total. The van der Waals surface area contributed by atoms with E-state index in [1.165, 1.54) is 18.9 Å². The highest BCUT2D eigenvalue weighted by Gasteiger charge is 2.23. The first-order valence-electron chi connectivity index (χ1n) is 5.92. The molecular formula is C13H10N2O4S2. The van der Waals surface area contributed by atoms with Gasteiger partial charge in [-0.25, -0.2) is 4.79 Å². The van der Waals surface area contributed by atoms with Crippen LogP contribution < -0.4 is 5.32 Å². The highest BCUT2D eigenvalue weighted by molar-refractivity contribution is 8.26. The van der Waals surface area contributed by atoms with Crippen LogP contribution in [-0.4, -0.2) is 27.9 Å². The van der Waals surface area contributed by atoms with Crippen LogP contribution in [0.2, 0.25) is 0 Å². The van der Waals surface area contributed by atoms with Crippen molar-refractivity contribution in [1.82, 2.24) is 9.88 Å². The summed E-state index contributed by atoms with van der Waals surface area (Å²) in [5.41, 5.74) is 0.938. The Morgan fingerprint density at radius 2 is 2.29 bits per heavy atom. The molecule has 6 nitrogen and oxygen atoms in total. The highest BCUT2D eigenvalue weighted by Crippen LogP contribution is 2.29. The van der Waals surface area contributed by atoms with E-state index in [9.17, 15) is 9.59 Å². The fourth-order valence-corrected chi connectivity index (χ4v) is 3.08. The van der Waals surface area contributed by atoms with E-state index >= 15 is 0 Å². The predicted octanol–water partition coefficient (Wildman–Crippen LogP) is 2.05. The number of amides is 1. The lowest BCUT2D eigenvalue weighted by atomic mass is 10.3. The summed E-state index contributed by atoms with van der Waals surface area (Å²) in [5.74, 6) is -0.144. The monoisotopic (exact) mass is 322 g/mol. The van der Waals surface area contributed by atoms with E-state index in [1.807, 2.05) is 0 Å². The average molecular weight is 322 g/mol. The Balaban J connectivity index is 2.00. The van der Waals surface area contributed by atoms with Crippen LogP contribution in [-0.2, 0) is 16.6 Å². The van der Waals surface area contributed by atoms with E-state index in [0.29, 0.717) is 26.4 Å². The van der Waals surface area contributed by atoms with Crippen LogP contribution in [0.3, 0.4) is 0 Å². The molecule has 0 aliphatic carbocycles. The Morgan fingerprint density at radius 1 is 1.52 bits per heavy atom. The summed E-state index contributed by atoms with van der Waals surface area (Å²) in [6.45, 7) is 0. The number of hydrogen-bond acceptors (Lipinski definition) is 6. The number of rotatable bonds is 2. The van der Waals surface area contributed by atoms with Gasteiger partial charge in [0.15, 0.2) is 0 Å². The van der Waals surface area contributed by atoms with E-state index in [1.54, 1.807) is 29.8 Å². The highest BCUT2D eigenvalue weighted by atomic mass is 32.2. The van der Waals surface area contributed by atoms with Crippen LogP contribution >= 0.6 is 24.0 Å². The molecule has 1 fully saturated rings. The van der Waals surface area contributed by atoms with Crippen molar-refractivity contribution in [3.05, 3.63) is 28.5 Å². The van der Waals surface area contributed by atoms with Gasteiger partial charge in [-0.3, -0.25) is 4.79 Å². The van der Waals surface area contributed by atoms with Crippen LogP contribution in [0.4, 0.5) is 0 Å². The van der Waals surface area contributed by atoms with Crippen LogP contribution in [0.15, 0.2) is 21.5 Å². The molecule has 1 saturated heterocycles. The van der Waals surface area contributed by atoms with Crippen molar-refractivity contribution in [3.63, 3.8) is 0 Å². The number of ether oxygens (including phenoxy) is 1. The average Bonchev–Trinajstić information content (AvgIpc) is 3.06. The third-order valence-electron chi connectivity index (χ3n) is 3.03. The molecule has 0 saturated carbocycles. The molecule has 2 aromatic rings. The van der Waals surface area contributed by atoms with Gasteiger partial charge in [-0.15, -0.1) is 0 Å². The number of aromatic nitrogens is 1. The molecule has 3 heterocycles. The maximum atomic E-state index is 11.6. The van der Waals surface area contributed by atoms with E-state index in [0.717, 1.165) is 5.39 Å². The maximum Gasteiger partial charge on any atom is 0.354 e. The first-order chi connectivity index (χ1) is 9.99. The lowest BCUT2D eigenvalue weighted by Gasteiger charge is -2.00. The number of methoxy groups -OCH3 is 1.